The van der Waals surface area contributed by atoms with Gasteiger partial charge in [-0.2, -0.15) is 0 Å². The van der Waals surface area contributed by atoms with Crippen LogP contribution < -0.4 is 5.32 Å². The van der Waals surface area contributed by atoms with Gasteiger partial charge in [0.05, 0.1) is 25.4 Å². The van der Waals surface area contributed by atoms with Crippen molar-refractivity contribution in [2.75, 3.05) is 13.2 Å². The van der Waals surface area contributed by atoms with Crippen molar-refractivity contribution in [1.29, 1.82) is 0 Å². The van der Waals surface area contributed by atoms with Crippen LogP contribution in [0.5, 0.6) is 0 Å². The lowest BCUT2D eigenvalue weighted by Crippen LogP contribution is -2.45. The summed E-state index contributed by atoms with van der Waals surface area (Å²) in [6.07, 6.45) is 52.7. The summed E-state index contributed by atoms with van der Waals surface area (Å²) in [6, 6.07) is -0.648. The van der Waals surface area contributed by atoms with Gasteiger partial charge < -0.3 is 20.3 Å². The predicted octanol–water partition coefficient (Wildman–Crippen LogP) is 13.7. The first-order valence-electron chi connectivity index (χ1n) is 23.8. The Morgan fingerprint density at radius 2 is 0.855 bits per heavy atom. The summed E-state index contributed by atoms with van der Waals surface area (Å²) in [7, 11) is 0. The lowest BCUT2D eigenvalue weighted by Gasteiger charge is -2.20. The molecule has 0 bridgehead atoms. The molecule has 0 spiro atoms. The number of esters is 1. The number of unbranched alkanes of at least 4 members (excludes halogenated alkanes) is 28. The number of allylic oxidation sites excluding steroid dienone is 5. The van der Waals surface area contributed by atoms with Crippen molar-refractivity contribution in [3.05, 3.63) is 36.5 Å². The Labute approximate surface area is 341 Å². The summed E-state index contributed by atoms with van der Waals surface area (Å²) in [5.41, 5.74) is 0. The summed E-state index contributed by atoms with van der Waals surface area (Å²) in [6.45, 7) is 4.79. The van der Waals surface area contributed by atoms with E-state index in [-0.39, 0.29) is 18.5 Å². The van der Waals surface area contributed by atoms with Gasteiger partial charge in [0, 0.05) is 12.8 Å². The van der Waals surface area contributed by atoms with Crippen LogP contribution in [0.15, 0.2) is 36.5 Å². The fourth-order valence-corrected chi connectivity index (χ4v) is 6.91. The molecule has 1 amide bonds. The number of hydrogen-bond donors (Lipinski definition) is 3. The Kier molecular flexibility index (Phi) is 43.2. The maximum atomic E-state index is 12.4. The van der Waals surface area contributed by atoms with E-state index in [1.807, 2.05) is 6.08 Å². The highest BCUT2D eigenvalue weighted by molar-refractivity contribution is 5.76. The molecule has 3 N–H and O–H groups in total. The summed E-state index contributed by atoms with van der Waals surface area (Å²) in [5, 5.41) is 23.0. The molecule has 322 valence electrons. The van der Waals surface area contributed by atoms with Gasteiger partial charge in [-0.25, -0.2) is 0 Å². The minimum Gasteiger partial charge on any atom is -0.466 e. The topological polar surface area (TPSA) is 95.9 Å². The molecule has 6 heteroatoms. The van der Waals surface area contributed by atoms with E-state index >= 15 is 0 Å². The standard InChI is InChI=1S/C49H91NO5/c1-3-5-7-9-11-13-15-17-19-23-27-31-35-39-43-49(54)55-44-40-36-32-28-24-20-22-26-30-34-38-42-48(53)50-46(45-51)47(52)41-37-33-29-25-21-18-16-14-12-10-8-6-4-2/h15,17,24,28,37,41,46-47,51-52H,3-14,16,18-23,25-27,29-36,38-40,42-45H2,1-2H3,(H,50,53)/b17-15-,28-24-,41-37+. The van der Waals surface area contributed by atoms with E-state index in [4.69, 9.17) is 4.74 Å². The minimum atomic E-state index is -0.862. The highest BCUT2D eigenvalue weighted by Gasteiger charge is 2.18. The second kappa shape index (κ2) is 44.8. The van der Waals surface area contributed by atoms with Crippen LogP contribution in [-0.2, 0) is 14.3 Å². The molecule has 0 rings (SSSR count). The Hall–Kier alpha value is -1.92. The predicted molar refractivity (Wildman–Crippen MR) is 236 cm³/mol. The first-order valence-corrected chi connectivity index (χ1v) is 23.8. The van der Waals surface area contributed by atoms with Crippen LogP contribution in [0.1, 0.15) is 239 Å². The molecule has 6 nitrogen and oxygen atoms in total. The Bertz CT molecular complexity index is 900. The molecule has 0 aromatic rings. The third-order valence-electron chi connectivity index (χ3n) is 10.6. The third kappa shape index (κ3) is 41.5. The van der Waals surface area contributed by atoms with Crippen LogP contribution >= 0.6 is 0 Å². The molecule has 0 radical (unpaired) electrons. The molecule has 0 saturated carbocycles. The molecule has 0 fully saturated rings. The van der Waals surface area contributed by atoms with Gasteiger partial charge >= 0.3 is 5.97 Å². The Balaban J connectivity index is 3.57. The maximum absolute atomic E-state index is 12.4. The van der Waals surface area contributed by atoms with Crippen LogP contribution in [0.2, 0.25) is 0 Å². The number of amides is 1. The molecular weight excluding hydrogens is 683 g/mol. The zero-order valence-electron chi connectivity index (χ0n) is 36.4. The van der Waals surface area contributed by atoms with Crippen LogP contribution in [0, 0.1) is 0 Å². The molecule has 0 heterocycles. The van der Waals surface area contributed by atoms with Crippen molar-refractivity contribution in [2.45, 2.75) is 251 Å². The van der Waals surface area contributed by atoms with Gasteiger partial charge in [-0.3, -0.25) is 9.59 Å². The van der Waals surface area contributed by atoms with Crippen molar-refractivity contribution >= 4 is 11.9 Å². The summed E-state index contributed by atoms with van der Waals surface area (Å²) in [4.78, 5) is 24.4. The first kappa shape index (κ1) is 53.1. The zero-order valence-corrected chi connectivity index (χ0v) is 36.4. The monoisotopic (exact) mass is 774 g/mol. The smallest absolute Gasteiger partial charge is 0.305 e. The lowest BCUT2D eigenvalue weighted by molar-refractivity contribution is -0.143. The van der Waals surface area contributed by atoms with Gasteiger partial charge in [-0.15, -0.1) is 0 Å². The van der Waals surface area contributed by atoms with Crippen LogP contribution in [0.25, 0.3) is 0 Å². The van der Waals surface area contributed by atoms with Crippen LogP contribution in [0.3, 0.4) is 0 Å². The fraction of sp³-hybridized carbons (Fsp3) is 0.837. The molecule has 0 aliphatic heterocycles. The fourth-order valence-electron chi connectivity index (χ4n) is 6.91. The molecule has 0 aromatic heterocycles. The average Bonchev–Trinajstić information content (AvgIpc) is 3.18. The average molecular weight is 774 g/mol. The molecule has 2 unspecified atom stereocenters. The SMILES string of the molecule is CCCCCCC/C=C\CCCCCCCC(=O)OCCCC/C=C\CCCCCCCC(=O)NC(CO)C(O)/C=C/CCCCCCCCCCCCC. The first-order chi connectivity index (χ1) is 27.0. The summed E-state index contributed by atoms with van der Waals surface area (Å²) in [5.74, 6) is -0.142. The van der Waals surface area contributed by atoms with Gasteiger partial charge in [0.2, 0.25) is 5.91 Å². The second-order valence-electron chi connectivity index (χ2n) is 16.1. The largest absolute Gasteiger partial charge is 0.466 e. The number of carbonyl (C=O) groups is 2. The zero-order chi connectivity index (χ0) is 40.1. The number of hydrogen-bond acceptors (Lipinski definition) is 5. The lowest BCUT2D eigenvalue weighted by atomic mass is 10.0. The maximum Gasteiger partial charge on any atom is 0.305 e. The molecular formula is C49H91NO5. The molecule has 0 aromatic carbocycles. The van der Waals surface area contributed by atoms with E-state index in [0.29, 0.717) is 19.4 Å². The number of ether oxygens (including phenoxy) is 1. The highest BCUT2D eigenvalue weighted by Crippen LogP contribution is 2.14. The molecule has 2 atom stereocenters. The molecule has 0 aliphatic rings. The third-order valence-corrected chi connectivity index (χ3v) is 10.6. The Morgan fingerprint density at radius 1 is 0.491 bits per heavy atom. The van der Waals surface area contributed by atoms with Crippen molar-refractivity contribution in [1.82, 2.24) is 5.32 Å². The number of carbonyl (C=O) groups excluding carboxylic acids is 2. The van der Waals surface area contributed by atoms with Gasteiger partial charge in [-0.1, -0.05) is 179 Å². The molecule has 55 heavy (non-hydrogen) atoms. The van der Waals surface area contributed by atoms with E-state index in [1.54, 1.807) is 6.08 Å². The van der Waals surface area contributed by atoms with E-state index in [9.17, 15) is 19.8 Å². The number of nitrogens with one attached hydrogen (secondary N) is 1. The van der Waals surface area contributed by atoms with Gasteiger partial charge in [0.1, 0.15) is 0 Å². The van der Waals surface area contributed by atoms with E-state index in [2.05, 4.69) is 43.5 Å². The van der Waals surface area contributed by atoms with Gasteiger partial charge in [-0.05, 0) is 83.5 Å². The van der Waals surface area contributed by atoms with E-state index < -0.39 is 12.1 Å². The van der Waals surface area contributed by atoms with Crippen molar-refractivity contribution < 1.29 is 24.5 Å². The van der Waals surface area contributed by atoms with Crippen molar-refractivity contribution in [2.24, 2.45) is 0 Å². The Morgan fingerprint density at radius 3 is 1.29 bits per heavy atom. The molecule has 0 aliphatic carbocycles. The quantitative estimate of drug-likeness (QED) is 0.0326. The van der Waals surface area contributed by atoms with Crippen LogP contribution in [0.4, 0.5) is 0 Å². The highest BCUT2D eigenvalue weighted by atomic mass is 16.5. The molecule has 0 saturated heterocycles. The van der Waals surface area contributed by atoms with E-state index in [0.717, 1.165) is 83.5 Å². The summed E-state index contributed by atoms with van der Waals surface area (Å²) >= 11 is 0. The normalized spacial score (nSPS) is 13.0. The number of aliphatic hydroxyl groups excluding tert-OH is 2. The van der Waals surface area contributed by atoms with Crippen LogP contribution in [-0.4, -0.2) is 47.4 Å². The number of aliphatic hydroxyl groups is 2. The van der Waals surface area contributed by atoms with E-state index in [1.165, 1.54) is 128 Å². The van der Waals surface area contributed by atoms with Crippen molar-refractivity contribution in [3.63, 3.8) is 0 Å². The minimum absolute atomic E-state index is 0.0426. The van der Waals surface area contributed by atoms with Crippen molar-refractivity contribution in [3.8, 4) is 0 Å². The second-order valence-corrected chi connectivity index (χ2v) is 16.1. The number of rotatable bonds is 43. The van der Waals surface area contributed by atoms with Gasteiger partial charge in [0.25, 0.3) is 0 Å². The van der Waals surface area contributed by atoms with Gasteiger partial charge in [0.15, 0.2) is 0 Å². The summed E-state index contributed by atoms with van der Waals surface area (Å²) < 4.78 is 5.42.